The molecule has 0 radical (unpaired) electrons. The second-order valence-corrected chi connectivity index (χ2v) is 7.05. The highest BCUT2D eigenvalue weighted by Gasteiger charge is 2.18. The zero-order valence-electron chi connectivity index (χ0n) is 17.2. The molecule has 0 unspecified atom stereocenters. The number of ketones is 1. The van der Waals surface area contributed by atoms with Crippen LogP contribution in [0.5, 0.6) is 0 Å². The Labute approximate surface area is 182 Å². The summed E-state index contributed by atoms with van der Waals surface area (Å²) in [5.41, 5.74) is 1.70. The zero-order valence-corrected chi connectivity index (χ0v) is 17.2. The average Bonchev–Trinajstić information content (AvgIpc) is 3.27. The van der Waals surface area contributed by atoms with E-state index >= 15 is 0 Å². The number of fused-ring (bicyclic) bond motifs is 1. The summed E-state index contributed by atoms with van der Waals surface area (Å²) in [7, 11) is 0. The summed E-state index contributed by atoms with van der Waals surface area (Å²) in [5.74, 6) is -0.974. The van der Waals surface area contributed by atoms with E-state index in [0.29, 0.717) is 34.3 Å². The molecule has 1 amide bonds. The molecule has 32 heavy (non-hydrogen) atoms. The Morgan fingerprint density at radius 2 is 1.97 bits per heavy atom. The van der Waals surface area contributed by atoms with Crippen LogP contribution < -0.4 is 10.7 Å². The third-order valence-corrected chi connectivity index (χ3v) is 4.91. The normalized spacial score (nSPS) is 10.9. The number of carbonyl (C=O) groups excluding carboxylic acids is 2. The standard InChI is InChI=1S/C23H20N4O5/c1-2-19(29)15-8-7-14(18-13-27(9-10-28)26-25-18)11-17(15)24-23(31)22-12-20(30)16-5-3-4-6-21(16)32-22/h3-8,11-13,28H,2,9-10H2,1H3,(H,24,31). The van der Waals surface area contributed by atoms with Gasteiger partial charge in [-0.25, -0.2) is 4.68 Å². The smallest absolute Gasteiger partial charge is 0.291 e. The molecule has 162 valence electrons. The highest BCUT2D eigenvalue weighted by molar-refractivity contribution is 6.09. The molecule has 4 aromatic rings. The van der Waals surface area contributed by atoms with E-state index in [0.717, 1.165) is 6.07 Å². The molecule has 4 rings (SSSR count). The highest BCUT2D eigenvalue weighted by atomic mass is 16.3. The SMILES string of the molecule is CCC(=O)c1ccc(-c2cn(CCO)nn2)cc1NC(=O)c1cc(=O)c2ccccc2o1. The van der Waals surface area contributed by atoms with Crippen molar-refractivity contribution in [2.24, 2.45) is 0 Å². The molecule has 0 fully saturated rings. The van der Waals surface area contributed by atoms with Crippen LogP contribution in [0.15, 0.2) is 63.9 Å². The predicted octanol–water partition coefficient (Wildman–Crippen LogP) is 2.89. The first-order valence-corrected chi connectivity index (χ1v) is 10.0. The summed E-state index contributed by atoms with van der Waals surface area (Å²) >= 11 is 0. The molecule has 0 atom stereocenters. The second-order valence-electron chi connectivity index (χ2n) is 7.05. The topological polar surface area (TPSA) is 127 Å². The maximum absolute atomic E-state index is 12.9. The van der Waals surface area contributed by atoms with E-state index in [1.165, 1.54) is 4.68 Å². The van der Waals surface area contributed by atoms with Crippen LogP contribution in [-0.4, -0.2) is 38.4 Å². The molecule has 9 heteroatoms. The van der Waals surface area contributed by atoms with Crippen LogP contribution >= 0.6 is 0 Å². The van der Waals surface area contributed by atoms with Gasteiger partial charge in [0, 0.05) is 23.6 Å². The third kappa shape index (κ3) is 4.19. The van der Waals surface area contributed by atoms with E-state index in [-0.39, 0.29) is 35.7 Å². The van der Waals surface area contributed by atoms with Gasteiger partial charge in [-0.3, -0.25) is 14.4 Å². The predicted molar refractivity (Wildman–Crippen MR) is 118 cm³/mol. The molecule has 0 bridgehead atoms. The minimum absolute atomic E-state index is 0.0784. The maximum Gasteiger partial charge on any atom is 0.291 e. The minimum atomic E-state index is -0.654. The number of aromatic nitrogens is 3. The van der Waals surface area contributed by atoms with Crippen molar-refractivity contribution in [3.8, 4) is 11.3 Å². The Bertz CT molecular complexity index is 1370. The number of aliphatic hydroxyl groups excluding tert-OH is 1. The Hall–Kier alpha value is -4.11. The van der Waals surface area contributed by atoms with Crippen molar-refractivity contribution in [1.29, 1.82) is 0 Å². The number of rotatable bonds is 7. The summed E-state index contributed by atoms with van der Waals surface area (Å²) < 4.78 is 7.09. The van der Waals surface area contributed by atoms with Crippen molar-refractivity contribution in [3.05, 3.63) is 76.3 Å². The van der Waals surface area contributed by atoms with Crippen LogP contribution in [0.1, 0.15) is 34.3 Å². The number of aliphatic hydroxyl groups is 1. The van der Waals surface area contributed by atoms with Crippen LogP contribution in [0.2, 0.25) is 0 Å². The van der Waals surface area contributed by atoms with E-state index in [2.05, 4.69) is 15.6 Å². The van der Waals surface area contributed by atoms with Crippen LogP contribution in [0.3, 0.4) is 0 Å². The van der Waals surface area contributed by atoms with Crippen molar-refractivity contribution < 1.29 is 19.1 Å². The average molecular weight is 432 g/mol. The Kier molecular flexibility index (Phi) is 5.91. The molecule has 0 saturated carbocycles. The number of para-hydroxylation sites is 1. The van der Waals surface area contributed by atoms with E-state index in [1.54, 1.807) is 55.6 Å². The molecule has 0 aliphatic rings. The van der Waals surface area contributed by atoms with Crippen LogP contribution in [0.4, 0.5) is 5.69 Å². The van der Waals surface area contributed by atoms with Gasteiger partial charge in [-0.05, 0) is 24.3 Å². The fourth-order valence-electron chi connectivity index (χ4n) is 3.28. The van der Waals surface area contributed by atoms with Gasteiger partial charge in [0.2, 0.25) is 0 Å². The lowest BCUT2D eigenvalue weighted by Crippen LogP contribution is -2.17. The largest absolute Gasteiger partial charge is 0.451 e. The summed E-state index contributed by atoms with van der Waals surface area (Å²) in [6.07, 6.45) is 1.90. The zero-order chi connectivity index (χ0) is 22.7. The van der Waals surface area contributed by atoms with Gasteiger partial charge in [0.05, 0.1) is 30.4 Å². The van der Waals surface area contributed by atoms with Crippen LogP contribution in [-0.2, 0) is 6.54 Å². The van der Waals surface area contributed by atoms with Gasteiger partial charge in [0.25, 0.3) is 5.91 Å². The van der Waals surface area contributed by atoms with Gasteiger partial charge < -0.3 is 14.8 Å². The Morgan fingerprint density at radius 1 is 1.16 bits per heavy atom. The van der Waals surface area contributed by atoms with E-state index < -0.39 is 5.91 Å². The van der Waals surface area contributed by atoms with Crippen molar-refractivity contribution in [3.63, 3.8) is 0 Å². The van der Waals surface area contributed by atoms with Crippen molar-refractivity contribution >= 4 is 28.3 Å². The monoisotopic (exact) mass is 432 g/mol. The summed E-state index contributed by atoms with van der Waals surface area (Å²) in [6.45, 7) is 1.94. The number of nitrogens with one attached hydrogen (secondary N) is 1. The third-order valence-electron chi connectivity index (χ3n) is 4.91. The number of nitrogens with zero attached hydrogens (tertiary/aromatic N) is 3. The van der Waals surface area contributed by atoms with Gasteiger partial charge in [-0.15, -0.1) is 5.10 Å². The van der Waals surface area contributed by atoms with Gasteiger partial charge in [-0.1, -0.05) is 30.3 Å². The van der Waals surface area contributed by atoms with E-state index in [9.17, 15) is 14.4 Å². The molecule has 0 aliphatic heterocycles. The lowest BCUT2D eigenvalue weighted by atomic mass is 10.0. The molecule has 2 aromatic heterocycles. The number of carbonyl (C=O) groups is 2. The molecule has 0 spiro atoms. The number of benzene rings is 2. The van der Waals surface area contributed by atoms with Gasteiger partial charge >= 0.3 is 0 Å². The molecule has 2 N–H and O–H groups in total. The van der Waals surface area contributed by atoms with E-state index in [1.807, 2.05) is 0 Å². The van der Waals surface area contributed by atoms with Crippen LogP contribution in [0.25, 0.3) is 22.2 Å². The highest BCUT2D eigenvalue weighted by Crippen LogP contribution is 2.26. The minimum Gasteiger partial charge on any atom is -0.451 e. The van der Waals surface area contributed by atoms with Crippen LogP contribution in [0, 0.1) is 0 Å². The molecule has 2 aromatic carbocycles. The molecule has 2 heterocycles. The number of amides is 1. The maximum atomic E-state index is 12.9. The number of hydrogen-bond acceptors (Lipinski definition) is 7. The summed E-state index contributed by atoms with van der Waals surface area (Å²) in [5, 5.41) is 20.1. The number of anilines is 1. The quantitative estimate of drug-likeness (QED) is 0.430. The first-order valence-electron chi connectivity index (χ1n) is 10.0. The fraction of sp³-hybridized carbons (Fsp3) is 0.174. The van der Waals surface area contributed by atoms with Gasteiger partial charge in [-0.2, -0.15) is 0 Å². The molecule has 9 nitrogen and oxygen atoms in total. The first-order chi connectivity index (χ1) is 15.5. The van der Waals surface area contributed by atoms with Crippen molar-refractivity contribution in [2.45, 2.75) is 19.9 Å². The molecule has 0 aliphatic carbocycles. The Morgan fingerprint density at radius 3 is 2.75 bits per heavy atom. The summed E-state index contributed by atoms with van der Waals surface area (Å²) in [4.78, 5) is 37.7. The molecular formula is C23H20N4O5. The Balaban J connectivity index is 1.71. The van der Waals surface area contributed by atoms with Crippen molar-refractivity contribution in [1.82, 2.24) is 15.0 Å². The van der Waals surface area contributed by atoms with Gasteiger partial charge in [0.15, 0.2) is 17.0 Å². The lowest BCUT2D eigenvalue weighted by molar-refractivity contribution is 0.0989. The summed E-state index contributed by atoms with van der Waals surface area (Å²) in [6, 6.07) is 12.7. The van der Waals surface area contributed by atoms with Gasteiger partial charge in [0.1, 0.15) is 11.3 Å². The van der Waals surface area contributed by atoms with E-state index in [4.69, 9.17) is 9.52 Å². The molecule has 0 saturated heterocycles. The van der Waals surface area contributed by atoms with Crippen molar-refractivity contribution in [2.75, 3.05) is 11.9 Å². The first kappa shape index (κ1) is 21.1. The second kappa shape index (κ2) is 8.94. The number of Topliss-reactive ketones (excluding diaryl/α,β-unsaturated/α-hetero) is 1. The molecular weight excluding hydrogens is 412 g/mol. The lowest BCUT2D eigenvalue weighted by Gasteiger charge is -2.11. The number of hydrogen-bond donors (Lipinski definition) is 2. The fourth-order valence-corrected chi connectivity index (χ4v) is 3.28.